The molecule has 0 radical (unpaired) electrons. The van der Waals surface area contributed by atoms with Gasteiger partial charge in [-0.05, 0) is 62.6 Å². The molecule has 3 aromatic heterocycles. The van der Waals surface area contributed by atoms with Crippen molar-refractivity contribution in [2.75, 3.05) is 28.3 Å². The van der Waals surface area contributed by atoms with Gasteiger partial charge in [0, 0.05) is 55.7 Å². The van der Waals surface area contributed by atoms with Gasteiger partial charge in [0.05, 0.1) is 25.0 Å². The molecule has 1 saturated heterocycles. The number of nitrogens with one attached hydrogen (secondary N) is 2. The van der Waals surface area contributed by atoms with Crippen LogP contribution in [0, 0.1) is 11.3 Å². The molecule has 4 aromatic rings. The van der Waals surface area contributed by atoms with E-state index in [1.54, 1.807) is 28.2 Å². The number of aliphatic hydroxyl groups is 1. The Kier molecular flexibility index (Phi) is 9.69. The van der Waals surface area contributed by atoms with Crippen molar-refractivity contribution < 1.29 is 9.90 Å². The molecular formula is C34H40N10O2. The summed E-state index contributed by atoms with van der Waals surface area (Å²) in [5.74, 6) is 1.66. The van der Waals surface area contributed by atoms with Crippen LogP contribution in [-0.4, -0.2) is 67.1 Å². The summed E-state index contributed by atoms with van der Waals surface area (Å²) < 4.78 is 1.75. The molecule has 2 aliphatic rings. The molecule has 2 amide bonds. The fraction of sp³-hybridized carbons (Fsp3) is 0.412. The minimum Gasteiger partial charge on any atom is -0.394 e. The highest BCUT2D eigenvalue weighted by molar-refractivity contribution is 5.91. The Morgan fingerprint density at radius 3 is 2.54 bits per heavy atom. The van der Waals surface area contributed by atoms with Gasteiger partial charge in [-0.15, -0.1) is 0 Å². The zero-order chi connectivity index (χ0) is 31.9. The number of rotatable bonds is 9. The fourth-order valence-corrected chi connectivity index (χ4v) is 6.46. The number of piperidine rings is 1. The van der Waals surface area contributed by atoms with Gasteiger partial charge in [-0.3, -0.25) is 9.58 Å². The number of pyridine rings is 1. The number of carbonyl (C=O) groups excluding carboxylic acids is 1. The number of carbonyl (C=O) groups is 1. The van der Waals surface area contributed by atoms with Gasteiger partial charge in [-0.25, -0.2) is 14.8 Å². The first-order chi connectivity index (χ1) is 22.5. The molecule has 4 heterocycles. The third kappa shape index (κ3) is 7.10. The van der Waals surface area contributed by atoms with Gasteiger partial charge in [-0.2, -0.15) is 15.3 Å². The number of hydrogen-bond donors (Lipinski definition) is 3. The van der Waals surface area contributed by atoms with Gasteiger partial charge in [0.2, 0.25) is 5.95 Å². The van der Waals surface area contributed by atoms with Crippen LogP contribution < -0.4 is 20.4 Å². The van der Waals surface area contributed by atoms with E-state index in [4.69, 9.17) is 9.97 Å². The first kappa shape index (κ1) is 31.0. The molecule has 1 aliphatic carbocycles. The second-order valence-electron chi connectivity index (χ2n) is 12.0. The second-order valence-corrected chi connectivity index (χ2v) is 12.0. The van der Waals surface area contributed by atoms with Gasteiger partial charge < -0.3 is 20.6 Å². The fourth-order valence-electron chi connectivity index (χ4n) is 6.46. The number of benzene rings is 1. The zero-order valence-corrected chi connectivity index (χ0v) is 26.1. The topological polar surface area (TPSA) is 148 Å². The summed E-state index contributed by atoms with van der Waals surface area (Å²) in [6.45, 7) is 1.20. The summed E-state index contributed by atoms with van der Waals surface area (Å²) >= 11 is 0. The van der Waals surface area contributed by atoms with Gasteiger partial charge in [-0.1, -0.05) is 30.3 Å². The minimum absolute atomic E-state index is 0.0259. The Bertz CT molecular complexity index is 1640. The predicted molar refractivity (Wildman–Crippen MR) is 176 cm³/mol. The molecule has 1 unspecified atom stereocenters. The van der Waals surface area contributed by atoms with Crippen molar-refractivity contribution in [1.82, 2.24) is 30.0 Å². The molecule has 6 rings (SSSR count). The van der Waals surface area contributed by atoms with Gasteiger partial charge in [0.25, 0.3) is 0 Å². The van der Waals surface area contributed by atoms with Crippen LogP contribution in [0.25, 0.3) is 11.1 Å². The molecule has 12 nitrogen and oxygen atoms in total. The monoisotopic (exact) mass is 620 g/mol. The third-order valence-corrected chi connectivity index (χ3v) is 8.93. The standard InChI is InChI=1S/C34H40N10O2/c1-42-22-27(21-39-42)25-10-15-31(36-19-25)44(34(46)38-18-24-7-3-2-4-8-24)29-13-11-28(12-14-29)40-33-37-20-26(17-35)32(41-33)43-16-6-5-9-30(43)23-45/h2-4,7-8,10,15,19-22,28-30,45H,5-6,9,11-14,16,18,23H2,1H3,(H,38,46)(H,37,40,41)/t28-,29-,30?. The van der Waals surface area contributed by atoms with Gasteiger partial charge in [0.1, 0.15) is 17.5 Å². The van der Waals surface area contributed by atoms with Gasteiger partial charge >= 0.3 is 6.03 Å². The summed E-state index contributed by atoms with van der Waals surface area (Å²) in [6.07, 6.45) is 13.2. The lowest BCUT2D eigenvalue weighted by Crippen LogP contribution is -2.49. The molecule has 1 atom stereocenters. The van der Waals surface area contributed by atoms with Crippen LogP contribution >= 0.6 is 0 Å². The van der Waals surface area contributed by atoms with E-state index < -0.39 is 0 Å². The minimum atomic E-state index is -0.179. The number of urea groups is 1. The molecule has 0 bridgehead atoms. The summed E-state index contributed by atoms with van der Waals surface area (Å²) in [4.78, 5) is 31.5. The van der Waals surface area contributed by atoms with E-state index in [9.17, 15) is 15.2 Å². The molecule has 2 fully saturated rings. The van der Waals surface area contributed by atoms with E-state index in [0.29, 0.717) is 29.7 Å². The summed E-state index contributed by atoms with van der Waals surface area (Å²) in [5.41, 5.74) is 3.34. The Morgan fingerprint density at radius 1 is 1.02 bits per heavy atom. The maximum absolute atomic E-state index is 13.7. The molecule has 0 spiro atoms. The van der Waals surface area contributed by atoms with Crippen molar-refractivity contribution in [2.24, 2.45) is 7.05 Å². The Balaban J connectivity index is 1.15. The van der Waals surface area contributed by atoms with Crippen molar-refractivity contribution in [2.45, 2.75) is 69.6 Å². The number of anilines is 3. The SMILES string of the molecule is Cn1cc(-c2ccc(N(C(=O)NCc3ccccc3)[C@H]3CC[C@H](Nc4ncc(C#N)c(N5CCCCC5CO)n4)CC3)nc2)cn1. The normalized spacial score (nSPS) is 19.7. The van der Waals surface area contributed by atoms with Gasteiger partial charge in [0.15, 0.2) is 5.82 Å². The molecule has 238 valence electrons. The predicted octanol–water partition coefficient (Wildman–Crippen LogP) is 4.63. The lowest BCUT2D eigenvalue weighted by Gasteiger charge is -2.37. The molecule has 1 aromatic carbocycles. The van der Waals surface area contributed by atoms with Crippen LogP contribution in [0.15, 0.2) is 67.3 Å². The molecule has 1 saturated carbocycles. The quantitative estimate of drug-likeness (QED) is 0.243. The van der Waals surface area contributed by atoms with Crippen LogP contribution in [0.2, 0.25) is 0 Å². The van der Waals surface area contributed by atoms with Crippen molar-refractivity contribution in [3.05, 3.63) is 78.4 Å². The average molecular weight is 621 g/mol. The van der Waals surface area contributed by atoms with E-state index in [0.717, 1.165) is 68.2 Å². The van der Waals surface area contributed by atoms with E-state index in [2.05, 4.69) is 26.8 Å². The highest BCUT2D eigenvalue weighted by Gasteiger charge is 2.32. The van der Waals surface area contributed by atoms with Crippen molar-refractivity contribution in [1.29, 1.82) is 5.26 Å². The Hall–Kier alpha value is -5.02. The number of aromatic nitrogens is 5. The first-order valence-electron chi connectivity index (χ1n) is 16.0. The number of nitrogens with zero attached hydrogens (tertiary/aromatic N) is 8. The first-order valence-corrected chi connectivity index (χ1v) is 16.0. The van der Waals surface area contributed by atoms with E-state index >= 15 is 0 Å². The van der Waals surface area contributed by atoms with E-state index in [1.165, 1.54) is 0 Å². The van der Waals surface area contributed by atoms with Crippen molar-refractivity contribution in [3.8, 4) is 17.2 Å². The van der Waals surface area contributed by atoms with Crippen LogP contribution in [0.3, 0.4) is 0 Å². The highest BCUT2D eigenvalue weighted by atomic mass is 16.3. The Morgan fingerprint density at radius 2 is 1.85 bits per heavy atom. The van der Waals surface area contributed by atoms with Crippen LogP contribution in [0.1, 0.15) is 56.1 Å². The average Bonchev–Trinajstić information content (AvgIpc) is 3.55. The van der Waals surface area contributed by atoms with E-state index in [-0.39, 0.29) is 30.8 Å². The lowest BCUT2D eigenvalue weighted by atomic mass is 9.90. The molecule has 3 N–H and O–H groups in total. The highest BCUT2D eigenvalue weighted by Crippen LogP contribution is 2.31. The number of aliphatic hydroxyl groups excluding tert-OH is 1. The number of nitriles is 1. The molecule has 12 heteroatoms. The Labute approximate surface area is 269 Å². The maximum atomic E-state index is 13.7. The molecular weight excluding hydrogens is 580 g/mol. The third-order valence-electron chi connectivity index (χ3n) is 8.93. The summed E-state index contributed by atoms with van der Waals surface area (Å²) in [7, 11) is 1.88. The summed E-state index contributed by atoms with van der Waals surface area (Å²) in [5, 5.41) is 30.5. The number of aryl methyl sites for hydroxylation is 1. The second kappa shape index (κ2) is 14.4. The van der Waals surface area contributed by atoms with Crippen LogP contribution in [0.5, 0.6) is 0 Å². The summed E-state index contributed by atoms with van der Waals surface area (Å²) in [6, 6.07) is 15.8. The smallest absolute Gasteiger partial charge is 0.323 e. The van der Waals surface area contributed by atoms with Crippen LogP contribution in [0.4, 0.5) is 22.4 Å². The zero-order valence-electron chi connectivity index (χ0n) is 26.1. The molecule has 1 aliphatic heterocycles. The number of amides is 2. The maximum Gasteiger partial charge on any atom is 0.323 e. The van der Waals surface area contributed by atoms with Crippen molar-refractivity contribution in [3.63, 3.8) is 0 Å². The van der Waals surface area contributed by atoms with Crippen LogP contribution in [-0.2, 0) is 13.6 Å². The lowest BCUT2D eigenvalue weighted by molar-refractivity contribution is 0.239. The largest absolute Gasteiger partial charge is 0.394 e. The van der Waals surface area contributed by atoms with Crippen molar-refractivity contribution >= 4 is 23.6 Å². The number of hydrogen-bond acceptors (Lipinski definition) is 9. The molecule has 46 heavy (non-hydrogen) atoms. The van der Waals surface area contributed by atoms with E-state index in [1.807, 2.05) is 60.6 Å².